The van der Waals surface area contributed by atoms with Crippen LogP contribution in [0.25, 0.3) is 0 Å². The van der Waals surface area contributed by atoms with Crippen molar-refractivity contribution in [2.45, 2.75) is 6.92 Å². The van der Waals surface area contributed by atoms with Crippen molar-refractivity contribution in [2.24, 2.45) is 5.84 Å². The first kappa shape index (κ1) is 12.3. The third kappa shape index (κ3) is 2.41. The highest BCUT2D eigenvalue weighted by atomic mass is 19.1. The number of anilines is 1. The zero-order valence-corrected chi connectivity index (χ0v) is 9.71. The molecule has 2 aromatic carbocycles. The summed E-state index contributed by atoms with van der Waals surface area (Å²) < 4.78 is 32.3. The van der Waals surface area contributed by atoms with Crippen LogP contribution < -0.4 is 16.0 Å². The van der Waals surface area contributed by atoms with Crippen LogP contribution in [0.15, 0.2) is 36.4 Å². The van der Waals surface area contributed by atoms with Gasteiger partial charge in [-0.25, -0.2) is 8.78 Å². The molecule has 5 heteroatoms. The van der Waals surface area contributed by atoms with Crippen molar-refractivity contribution in [1.82, 2.24) is 0 Å². The highest BCUT2D eigenvalue weighted by molar-refractivity contribution is 5.52. The summed E-state index contributed by atoms with van der Waals surface area (Å²) in [6.45, 7) is 1.72. The highest BCUT2D eigenvalue weighted by Crippen LogP contribution is 2.30. The van der Waals surface area contributed by atoms with E-state index in [1.54, 1.807) is 19.1 Å². The van der Waals surface area contributed by atoms with Gasteiger partial charge in [-0.3, -0.25) is 5.84 Å². The summed E-state index contributed by atoms with van der Waals surface area (Å²) in [6.07, 6.45) is 0. The predicted molar refractivity (Wildman–Crippen MR) is 65.4 cm³/mol. The summed E-state index contributed by atoms with van der Waals surface area (Å²) >= 11 is 0. The average Bonchev–Trinajstić information content (AvgIpc) is 2.36. The molecule has 2 rings (SSSR count). The number of hydrazine groups is 1. The summed E-state index contributed by atoms with van der Waals surface area (Å²) in [7, 11) is 0. The maximum atomic E-state index is 13.5. The Kier molecular flexibility index (Phi) is 3.43. The smallest absolute Gasteiger partial charge is 0.165 e. The molecule has 18 heavy (non-hydrogen) atoms. The fourth-order valence-corrected chi connectivity index (χ4v) is 1.53. The van der Waals surface area contributed by atoms with Gasteiger partial charge >= 0.3 is 0 Å². The average molecular weight is 250 g/mol. The Morgan fingerprint density at radius 1 is 1.06 bits per heavy atom. The van der Waals surface area contributed by atoms with Gasteiger partial charge in [-0.15, -0.1) is 0 Å². The van der Waals surface area contributed by atoms with Gasteiger partial charge in [0.15, 0.2) is 17.4 Å². The molecule has 0 bridgehead atoms. The van der Waals surface area contributed by atoms with Crippen molar-refractivity contribution in [1.29, 1.82) is 0 Å². The number of nitrogens with two attached hydrogens (primary N) is 1. The summed E-state index contributed by atoms with van der Waals surface area (Å²) in [4.78, 5) is 0. The second-order valence-electron chi connectivity index (χ2n) is 3.77. The van der Waals surface area contributed by atoms with Crippen LogP contribution in [-0.4, -0.2) is 0 Å². The zero-order chi connectivity index (χ0) is 13.1. The van der Waals surface area contributed by atoms with Crippen LogP contribution in [0.2, 0.25) is 0 Å². The minimum absolute atomic E-state index is 0.0495. The molecule has 0 aromatic heterocycles. The number of hydrogen-bond acceptors (Lipinski definition) is 3. The lowest BCUT2D eigenvalue weighted by Gasteiger charge is -2.11. The van der Waals surface area contributed by atoms with E-state index >= 15 is 0 Å². The van der Waals surface area contributed by atoms with Gasteiger partial charge in [-0.2, -0.15) is 0 Å². The third-order valence-corrected chi connectivity index (χ3v) is 2.48. The standard InChI is InChI=1S/C13H12F2N2O/c1-8-6-11(17-16)10(15)7-13(8)18-12-5-3-2-4-9(12)14/h2-7,17H,16H2,1H3. The number of para-hydroxylation sites is 1. The maximum absolute atomic E-state index is 13.5. The molecule has 0 saturated carbocycles. The van der Waals surface area contributed by atoms with Crippen LogP contribution in [0.5, 0.6) is 11.5 Å². The first-order valence-electron chi connectivity index (χ1n) is 5.31. The van der Waals surface area contributed by atoms with E-state index in [0.29, 0.717) is 5.56 Å². The van der Waals surface area contributed by atoms with Gasteiger partial charge in [0.2, 0.25) is 0 Å². The molecule has 0 atom stereocenters. The fourth-order valence-electron chi connectivity index (χ4n) is 1.53. The number of hydrogen-bond donors (Lipinski definition) is 2. The second-order valence-corrected chi connectivity index (χ2v) is 3.77. The Bertz CT molecular complexity index is 573. The molecular weight excluding hydrogens is 238 g/mol. The molecule has 0 radical (unpaired) electrons. The lowest BCUT2D eigenvalue weighted by molar-refractivity contribution is 0.436. The van der Waals surface area contributed by atoms with Crippen LogP contribution in [0.1, 0.15) is 5.56 Å². The molecule has 0 heterocycles. The normalized spacial score (nSPS) is 10.2. The van der Waals surface area contributed by atoms with Crippen LogP contribution in [0.4, 0.5) is 14.5 Å². The Balaban J connectivity index is 2.35. The lowest BCUT2D eigenvalue weighted by Crippen LogP contribution is -2.09. The van der Waals surface area contributed by atoms with Gasteiger partial charge in [0.25, 0.3) is 0 Å². The number of halogens is 2. The molecular formula is C13H12F2N2O. The number of nitrogens with one attached hydrogen (secondary N) is 1. The van der Waals surface area contributed by atoms with Gasteiger partial charge < -0.3 is 10.2 Å². The molecule has 94 valence electrons. The van der Waals surface area contributed by atoms with E-state index in [4.69, 9.17) is 10.6 Å². The topological polar surface area (TPSA) is 47.3 Å². The van der Waals surface area contributed by atoms with E-state index in [0.717, 1.165) is 6.07 Å². The Labute approximate surface area is 103 Å². The minimum Gasteiger partial charge on any atom is -0.454 e. The second kappa shape index (κ2) is 5.01. The Morgan fingerprint density at radius 3 is 2.44 bits per heavy atom. The summed E-state index contributed by atoms with van der Waals surface area (Å²) in [5.41, 5.74) is 3.04. The first-order valence-corrected chi connectivity index (χ1v) is 5.31. The molecule has 0 spiro atoms. The van der Waals surface area contributed by atoms with Crippen molar-refractivity contribution in [2.75, 3.05) is 5.43 Å². The summed E-state index contributed by atoms with van der Waals surface area (Å²) in [5, 5.41) is 0. The molecule has 0 saturated heterocycles. The fraction of sp³-hybridized carbons (Fsp3) is 0.0769. The quantitative estimate of drug-likeness (QED) is 0.648. The van der Waals surface area contributed by atoms with E-state index in [2.05, 4.69) is 5.43 Å². The highest BCUT2D eigenvalue weighted by Gasteiger charge is 2.10. The molecule has 3 nitrogen and oxygen atoms in total. The molecule has 0 unspecified atom stereocenters. The van der Waals surface area contributed by atoms with Crippen molar-refractivity contribution < 1.29 is 13.5 Å². The van der Waals surface area contributed by atoms with E-state index in [9.17, 15) is 8.78 Å². The van der Waals surface area contributed by atoms with Gasteiger partial charge in [0.05, 0.1) is 5.69 Å². The van der Waals surface area contributed by atoms with Gasteiger partial charge in [-0.1, -0.05) is 12.1 Å². The van der Waals surface area contributed by atoms with Crippen LogP contribution in [0.3, 0.4) is 0 Å². The lowest BCUT2D eigenvalue weighted by atomic mass is 10.2. The van der Waals surface area contributed by atoms with Crippen LogP contribution in [-0.2, 0) is 0 Å². The van der Waals surface area contributed by atoms with E-state index in [-0.39, 0.29) is 17.2 Å². The van der Waals surface area contributed by atoms with E-state index < -0.39 is 11.6 Å². The zero-order valence-electron chi connectivity index (χ0n) is 9.71. The molecule has 0 aliphatic rings. The van der Waals surface area contributed by atoms with Crippen molar-refractivity contribution >= 4 is 5.69 Å². The van der Waals surface area contributed by atoms with Crippen LogP contribution in [0, 0.1) is 18.6 Å². The largest absolute Gasteiger partial charge is 0.454 e. The molecule has 0 aliphatic carbocycles. The Hall–Kier alpha value is -2.14. The number of ether oxygens (including phenoxy) is 1. The SMILES string of the molecule is Cc1cc(NN)c(F)cc1Oc1ccccc1F. The monoisotopic (exact) mass is 250 g/mol. The molecule has 0 amide bonds. The van der Waals surface area contributed by atoms with Gasteiger partial charge in [0, 0.05) is 6.07 Å². The number of aryl methyl sites for hydroxylation is 1. The van der Waals surface area contributed by atoms with Crippen molar-refractivity contribution in [3.8, 4) is 11.5 Å². The molecule has 2 aromatic rings. The summed E-state index contributed by atoms with van der Waals surface area (Å²) in [5.74, 6) is 4.39. The molecule has 3 N–H and O–H groups in total. The maximum Gasteiger partial charge on any atom is 0.165 e. The predicted octanol–water partition coefficient (Wildman–Crippen LogP) is 3.35. The van der Waals surface area contributed by atoms with E-state index in [1.165, 1.54) is 18.2 Å². The summed E-state index contributed by atoms with van der Waals surface area (Å²) in [6, 6.07) is 8.60. The number of rotatable bonds is 3. The van der Waals surface area contributed by atoms with Crippen molar-refractivity contribution in [3.05, 3.63) is 53.6 Å². The van der Waals surface area contributed by atoms with Crippen LogP contribution >= 0.6 is 0 Å². The first-order chi connectivity index (χ1) is 8.61. The van der Waals surface area contributed by atoms with E-state index in [1.807, 2.05) is 0 Å². The number of nitrogen functional groups attached to an aromatic ring is 1. The number of benzene rings is 2. The molecule has 0 fully saturated rings. The van der Waals surface area contributed by atoms with Crippen molar-refractivity contribution in [3.63, 3.8) is 0 Å². The Morgan fingerprint density at radius 2 is 1.78 bits per heavy atom. The van der Waals surface area contributed by atoms with Gasteiger partial charge in [-0.05, 0) is 30.7 Å². The third-order valence-electron chi connectivity index (χ3n) is 2.48. The molecule has 0 aliphatic heterocycles. The van der Waals surface area contributed by atoms with Gasteiger partial charge in [0.1, 0.15) is 5.75 Å². The minimum atomic E-state index is -0.561.